The minimum atomic E-state index is 0.193. The van der Waals surface area contributed by atoms with Gasteiger partial charge in [0.15, 0.2) is 0 Å². The smallest absolute Gasteiger partial charge is 0.264 e. The molecule has 1 fully saturated rings. The van der Waals surface area contributed by atoms with Gasteiger partial charge in [0.1, 0.15) is 5.01 Å². The van der Waals surface area contributed by atoms with Crippen LogP contribution in [0.15, 0.2) is 23.0 Å². The maximum atomic E-state index is 12.6. The van der Waals surface area contributed by atoms with Crippen molar-refractivity contribution in [2.45, 2.75) is 19.9 Å². The molecule has 0 bridgehead atoms. The molecule has 3 rings (SSSR count). The third-order valence-corrected chi connectivity index (χ3v) is 5.54. The summed E-state index contributed by atoms with van der Waals surface area (Å²) >= 11 is 3.25. The van der Waals surface area contributed by atoms with Gasteiger partial charge in [-0.15, -0.1) is 22.7 Å². The van der Waals surface area contributed by atoms with Gasteiger partial charge in [-0.25, -0.2) is 4.98 Å². The average molecular weight is 321 g/mol. The Balaban J connectivity index is 1.60. The molecule has 0 radical (unpaired) electrons. The second-order valence-electron chi connectivity index (χ2n) is 5.28. The second kappa shape index (κ2) is 6.68. The molecule has 112 valence electrons. The minimum Gasteiger partial charge on any atom is -0.337 e. The zero-order valence-electron chi connectivity index (χ0n) is 12.1. The Morgan fingerprint density at radius 2 is 2.14 bits per heavy atom. The van der Waals surface area contributed by atoms with Crippen LogP contribution in [0.2, 0.25) is 0 Å². The van der Waals surface area contributed by atoms with E-state index in [-0.39, 0.29) is 5.91 Å². The first kappa shape index (κ1) is 14.7. The third kappa shape index (κ3) is 3.51. The molecular weight excluding hydrogens is 302 g/mol. The summed E-state index contributed by atoms with van der Waals surface area (Å²) in [5, 5.41) is 5.17. The molecule has 0 atom stereocenters. The molecule has 2 aromatic heterocycles. The summed E-state index contributed by atoms with van der Waals surface area (Å²) in [5.41, 5.74) is 1.09. The molecule has 2 aromatic rings. The lowest BCUT2D eigenvalue weighted by Crippen LogP contribution is -2.35. The summed E-state index contributed by atoms with van der Waals surface area (Å²) in [7, 11) is 0. The van der Waals surface area contributed by atoms with Gasteiger partial charge in [-0.05, 0) is 30.4 Å². The van der Waals surface area contributed by atoms with Crippen molar-refractivity contribution in [1.29, 1.82) is 0 Å². The zero-order chi connectivity index (χ0) is 14.7. The van der Waals surface area contributed by atoms with E-state index in [0.717, 1.165) is 54.6 Å². The molecule has 0 saturated carbocycles. The Labute approximate surface area is 133 Å². The van der Waals surface area contributed by atoms with Crippen molar-refractivity contribution in [2.24, 2.45) is 0 Å². The van der Waals surface area contributed by atoms with E-state index in [1.54, 1.807) is 22.7 Å². The van der Waals surface area contributed by atoms with Crippen LogP contribution in [-0.2, 0) is 6.54 Å². The fourth-order valence-electron chi connectivity index (χ4n) is 2.59. The lowest BCUT2D eigenvalue weighted by Gasteiger charge is -2.21. The normalized spacial score (nSPS) is 16.9. The van der Waals surface area contributed by atoms with E-state index in [2.05, 4.69) is 9.88 Å². The molecule has 4 nitrogen and oxygen atoms in total. The largest absolute Gasteiger partial charge is 0.337 e. The van der Waals surface area contributed by atoms with Gasteiger partial charge in [-0.3, -0.25) is 9.69 Å². The predicted molar refractivity (Wildman–Crippen MR) is 87.0 cm³/mol. The van der Waals surface area contributed by atoms with E-state index in [0.29, 0.717) is 0 Å². The first-order valence-corrected chi connectivity index (χ1v) is 8.94. The second-order valence-corrected chi connectivity index (χ2v) is 7.18. The molecular formula is C15H19N3OS2. The highest BCUT2D eigenvalue weighted by molar-refractivity contribution is 7.12. The number of carbonyl (C=O) groups is 1. The van der Waals surface area contributed by atoms with Crippen LogP contribution in [0.4, 0.5) is 0 Å². The summed E-state index contributed by atoms with van der Waals surface area (Å²) in [5.74, 6) is 0.193. The van der Waals surface area contributed by atoms with Crippen molar-refractivity contribution in [3.8, 4) is 0 Å². The number of hydrogen-bond donors (Lipinski definition) is 0. The molecule has 1 saturated heterocycles. The Bertz CT molecular complexity index is 594. The highest BCUT2D eigenvalue weighted by atomic mass is 32.1. The Hall–Kier alpha value is -1.24. The topological polar surface area (TPSA) is 36.4 Å². The number of carbonyl (C=O) groups excluding carboxylic acids is 1. The quantitative estimate of drug-likeness (QED) is 0.872. The number of thiazole rings is 1. The number of amides is 1. The van der Waals surface area contributed by atoms with Gasteiger partial charge < -0.3 is 4.90 Å². The lowest BCUT2D eigenvalue weighted by atomic mass is 10.2. The zero-order valence-corrected chi connectivity index (χ0v) is 13.8. The highest BCUT2D eigenvalue weighted by Crippen LogP contribution is 2.19. The average Bonchev–Trinajstić information content (AvgIpc) is 3.07. The maximum absolute atomic E-state index is 12.6. The van der Waals surface area contributed by atoms with Gasteiger partial charge in [0.2, 0.25) is 0 Å². The van der Waals surface area contributed by atoms with Gasteiger partial charge in [0, 0.05) is 37.8 Å². The monoisotopic (exact) mass is 321 g/mol. The van der Waals surface area contributed by atoms with Gasteiger partial charge >= 0.3 is 0 Å². The number of aromatic nitrogens is 1. The number of thiophene rings is 1. The fourth-order valence-corrected chi connectivity index (χ4v) is 4.14. The first-order chi connectivity index (χ1) is 10.2. The molecule has 3 heterocycles. The highest BCUT2D eigenvalue weighted by Gasteiger charge is 2.22. The number of aryl methyl sites for hydroxylation is 1. The number of nitrogens with zero attached hydrogens (tertiary/aromatic N) is 3. The van der Waals surface area contributed by atoms with E-state index >= 15 is 0 Å². The minimum absolute atomic E-state index is 0.193. The van der Waals surface area contributed by atoms with Crippen molar-refractivity contribution in [3.63, 3.8) is 0 Å². The standard InChI is InChI=1S/C15H19N3OS2/c1-12-3-9-21-14(12)15(19)18-6-2-5-17(7-8-18)11-13-16-4-10-20-13/h3-4,9-10H,2,5-8,11H2,1H3. The molecule has 0 aliphatic carbocycles. The van der Waals surface area contributed by atoms with E-state index < -0.39 is 0 Å². The molecule has 1 aliphatic heterocycles. The van der Waals surface area contributed by atoms with Crippen LogP contribution in [0.1, 0.15) is 26.7 Å². The van der Waals surface area contributed by atoms with Crippen molar-refractivity contribution in [1.82, 2.24) is 14.8 Å². The van der Waals surface area contributed by atoms with E-state index in [1.165, 1.54) is 0 Å². The summed E-state index contributed by atoms with van der Waals surface area (Å²) in [6.45, 7) is 6.53. The van der Waals surface area contributed by atoms with Gasteiger partial charge in [0.25, 0.3) is 5.91 Å². The van der Waals surface area contributed by atoms with E-state index in [1.807, 2.05) is 34.8 Å². The molecule has 1 amide bonds. The van der Waals surface area contributed by atoms with Crippen LogP contribution >= 0.6 is 22.7 Å². The predicted octanol–water partition coefficient (Wildman–Crippen LogP) is 2.86. The van der Waals surface area contributed by atoms with Crippen LogP contribution in [0.5, 0.6) is 0 Å². The Kier molecular flexibility index (Phi) is 4.67. The molecule has 0 spiro atoms. The van der Waals surface area contributed by atoms with Crippen LogP contribution < -0.4 is 0 Å². The van der Waals surface area contributed by atoms with Crippen molar-refractivity contribution in [3.05, 3.63) is 38.5 Å². The third-order valence-electron chi connectivity index (χ3n) is 3.77. The first-order valence-electron chi connectivity index (χ1n) is 7.18. The fraction of sp³-hybridized carbons (Fsp3) is 0.467. The molecule has 1 aliphatic rings. The van der Waals surface area contributed by atoms with Crippen molar-refractivity contribution >= 4 is 28.6 Å². The summed E-state index contributed by atoms with van der Waals surface area (Å²) in [4.78, 5) is 22.2. The Morgan fingerprint density at radius 1 is 1.24 bits per heavy atom. The SMILES string of the molecule is Cc1ccsc1C(=O)N1CCCN(Cc2nccs2)CC1. The maximum Gasteiger partial charge on any atom is 0.264 e. The molecule has 0 N–H and O–H groups in total. The molecule has 0 unspecified atom stereocenters. The lowest BCUT2D eigenvalue weighted by molar-refractivity contribution is 0.0765. The van der Waals surface area contributed by atoms with Crippen LogP contribution in [0, 0.1) is 6.92 Å². The molecule has 0 aromatic carbocycles. The van der Waals surface area contributed by atoms with Gasteiger partial charge in [0.05, 0.1) is 11.4 Å². The molecule has 6 heteroatoms. The van der Waals surface area contributed by atoms with Crippen molar-refractivity contribution in [2.75, 3.05) is 26.2 Å². The van der Waals surface area contributed by atoms with E-state index in [9.17, 15) is 4.79 Å². The summed E-state index contributed by atoms with van der Waals surface area (Å²) in [6, 6.07) is 2.02. The molecule has 21 heavy (non-hydrogen) atoms. The van der Waals surface area contributed by atoms with Gasteiger partial charge in [-0.2, -0.15) is 0 Å². The van der Waals surface area contributed by atoms with Gasteiger partial charge in [-0.1, -0.05) is 0 Å². The van der Waals surface area contributed by atoms with Crippen LogP contribution in [0.3, 0.4) is 0 Å². The van der Waals surface area contributed by atoms with Crippen LogP contribution in [-0.4, -0.2) is 46.9 Å². The Morgan fingerprint density at radius 3 is 2.86 bits per heavy atom. The van der Waals surface area contributed by atoms with Crippen LogP contribution in [0.25, 0.3) is 0 Å². The summed E-state index contributed by atoms with van der Waals surface area (Å²) in [6.07, 6.45) is 2.88. The summed E-state index contributed by atoms with van der Waals surface area (Å²) < 4.78 is 0. The van der Waals surface area contributed by atoms with Crippen molar-refractivity contribution < 1.29 is 4.79 Å². The number of hydrogen-bond acceptors (Lipinski definition) is 5. The van der Waals surface area contributed by atoms with E-state index in [4.69, 9.17) is 0 Å². The number of rotatable bonds is 3.